The Balaban J connectivity index is 1.67. The van der Waals surface area contributed by atoms with Gasteiger partial charge in [0.15, 0.2) is 11.5 Å². The van der Waals surface area contributed by atoms with Crippen LogP contribution in [-0.4, -0.2) is 47.6 Å². The molecule has 0 bridgehead atoms. The highest BCUT2D eigenvalue weighted by molar-refractivity contribution is 6.10. The number of fused-ring (bicyclic) bond motifs is 2. The van der Waals surface area contributed by atoms with Crippen LogP contribution < -0.4 is 14.8 Å². The highest BCUT2D eigenvalue weighted by atomic mass is 16.5. The van der Waals surface area contributed by atoms with Crippen molar-refractivity contribution >= 4 is 17.5 Å². The minimum absolute atomic E-state index is 0.141. The smallest absolute Gasteiger partial charge is 0.256 e. The van der Waals surface area contributed by atoms with Gasteiger partial charge in [0.05, 0.1) is 24.5 Å². The topological polar surface area (TPSA) is 88.1 Å². The lowest BCUT2D eigenvalue weighted by Gasteiger charge is -2.20. The number of hydrogen-bond acceptors (Lipinski definition) is 5. The van der Waals surface area contributed by atoms with E-state index in [0.717, 1.165) is 5.56 Å². The zero-order valence-electron chi connectivity index (χ0n) is 14.8. The number of anilines is 1. The van der Waals surface area contributed by atoms with E-state index < -0.39 is 12.1 Å². The van der Waals surface area contributed by atoms with E-state index in [2.05, 4.69) is 5.32 Å². The molecule has 0 radical (unpaired) electrons. The molecule has 2 N–H and O–H groups in total. The molecular weight excluding hydrogens is 348 g/mol. The third-order valence-electron chi connectivity index (χ3n) is 4.87. The van der Waals surface area contributed by atoms with E-state index in [1.165, 1.54) is 12.0 Å². The molecule has 0 saturated carbocycles. The Bertz CT molecular complexity index is 883. The van der Waals surface area contributed by atoms with Crippen molar-refractivity contribution in [3.8, 4) is 11.5 Å². The van der Waals surface area contributed by atoms with Gasteiger partial charge in [-0.05, 0) is 11.6 Å². The molecule has 2 aliphatic heterocycles. The largest absolute Gasteiger partial charge is 0.493 e. The molecule has 2 atom stereocenters. The van der Waals surface area contributed by atoms with Crippen molar-refractivity contribution in [1.82, 2.24) is 4.90 Å². The molecule has 27 heavy (non-hydrogen) atoms. The van der Waals surface area contributed by atoms with Gasteiger partial charge in [-0.3, -0.25) is 9.59 Å². The van der Waals surface area contributed by atoms with Crippen LogP contribution in [0.3, 0.4) is 0 Å². The van der Waals surface area contributed by atoms with Crippen molar-refractivity contribution in [2.24, 2.45) is 0 Å². The fourth-order valence-corrected chi connectivity index (χ4v) is 3.51. The Morgan fingerprint density at radius 2 is 1.96 bits per heavy atom. The Hall–Kier alpha value is -3.06. The Morgan fingerprint density at radius 3 is 2.70 bits per heavy atom. The lowest BCUT2D eigenvalue weighted by atomic mass is 10.1. The molecule has 2 aliphatic rings. The molecule has 4 rings (SSSR count). The fourth-order valence-electron chi connectivity index (χ4n) is 3.51. The van der Waals surface area contributed by atoms with Gasteiger partial charge in [-0.15, -0.1) is 0 Å². The van der Waals surface area contributed by atoms with Gasteiger partial charge in [0, 0.05) is 19.0 Å². The van der Waals surface area contributed by atoms with Gasteiger partial charge in [-0.25, -0.2) is 0 Å². The number of ether oxygens (including phenoxy) is 2. The molecule has 2 aromatic carbocycles. The third kappa shape index (κ3) is 3.21. The van der Waals surface area contributed by atoms with Gasteiger partial charge >= 0.3 is 0 Å². The van der Waals surface area contributed by atoms with Gasteiger partial charge in [0.25, 0.3) is 5.91 Å². The van der Waals surface area contributed by atoms with E-state index in [9.17, 15) is 14.7 Å². The number of benzene rings is 2. The molecule has 1 saturated heterocycles. The maximum Gasteiger partial charge on any atom is 0.256 e. The van der Waals surface area contributed by atoms with Crippen LogP contribution >= 0.6 is 0 Å². The lowest BCUT2D eigenvalue weighted by molar-refractivity contribution is -0.119. The number of hydrogen-bond donors (Lipinski definition) is 2. The highest BCUT2D eigenvalue weighted by Gasteiger charge is 2.42. The fraction of sp³-hybridized carbons (Fsp3) is 0.300. The first kappa shape index (κ1) is 17.4. The second kappa shape index (κ2) is 6.92. The average molecular weight is 368 g/mol. The summed E-state index contributed by atoms with van der Waals surface area (Å²) in [7, 11) is 1.51. The number of carbonyl (C=O) groups is 2. The van der Waals surface area contributed by atoms with Crippen LogP contribution in [0.2, 0.25) is 0 Å². The summed E-state index contributed by atoms with van der Waals surface area (Å²) in [5.41, 5.74) is 1.69. The average Bonchev–Trinajstić information content (AvgIpc) is 3.05. The number of nitrogens with zero attached hydrogens (tertiary/aromatic N) is 1. The van der Waals surface area contributed by atoms with Crippen LogP contribution in [0.15, 0.2) is 42.5 Å². The summed E-state index contributed by atoms with van der Waals surface area (Å²) in [4.78, 5) is 26.8. The molecular formula is C20H20N2O5. The van der Waals surface area contributed by atoms with E-state index in [1.807, 2.05) is 30.3 Å². The molecule has 0 aromatic heterocycles. The summed E-state index contributed by atoms with van der Waals surface area (Å²) in [6, 6.07) is 12.2. The van der Waals surface area contributed by atoms with Crippen LogP contribution in [0.5, 0.6) is 11.5 Å². The van der Waals surface area contributed by atoms with Crippen LogP contribution in [0, 0.1) is 0 Å². The van der Waals surface area contributed by atoms with Crippen molar-refractivity contribution in [3.05, 3.63) is 53.6 Å². The van der Waals surface area contributed by atoms with Gasteiger partial charge in [-0.1, -0.05) is 30.3 Å². The van der Waals surface area contributed by atoms with E-state index >= 15 is 0 Å². The minimum atomic E-state index is -0.696. The standard InChI is InChI=1S/C20H20N2O5/c1-26-17-9-15-14(8-18(17)27-11-12-5-3-2-4-6-12)20(25)22-10-13(23)7-16(22)19(24)21-15/h2-6,8-9,13,16,23H,7,10-11H2,1H3,(H,21,24). The van der Waals surface area contributed by atoms with E-state index in [4.69, 9.17) is 9.47 Å². The second-order valence-corrected chi connectivity index (χ2v) is 6.68. The zero-order chi connectivity index (χ0) is 19.0. The number of carbonyl (C=O) groups excluding carboxylic acids is 2. The number of aliphatic hydroxyl groups is 1. The van der Waals surface area contributed by atoms with Gasteiger partial charge in [-0.2, -0.15) is 0 Å². The molecule has 0 aliphatic carbocycles. The van der Waals surface area contributed by atoms with Crippen molar-refractivity contribution < 1.29 is 24.2 Å². The number of aliphatic hydroxyl groups excluding tert-OH is 1. The summed E-state index contributed by atoms with van der Waals surface area (Å²) in [5, 5.41) is 12.6. The first-order valence-electron chi connectivity index (χ1n) is 8.75. The maximum absolute atomic E-state index is 13.0. The molecule has 7 heteroatoms. The van der Waals surface area contributed by atoms with Gasteiger partial charge in [0.1, 0.15) is 12.6 Å². The molecule has 0 spiro atoms. The Kier molecular flexibility index (Phi) is 4.45. The maximum atomic E-state index is 13.0. The summed E-state index contributed by atoms with van der Waals surface area (Å²) in [6.45, 7) is 0.462. The summed E-state index contributed by atoms with van der Waals surface area (Å²) < 4.78 is 11.3. The monoisotopic (exact) mass is 368 g/mol. The van der Waals surface area contributed by atoms with Crippen molar-refractivity contribution in [1.29, 1.82) is 0 Å². The van der Waals surface area contributed by atoms with E-state index in [-0.39, 0.29) is 24.8 Å². The summed E-state index contributed by atoms with van der Waals surface area (Å²) in [6.07, 6.45) is -0.460. The lowest BCUT2D eigenvalue weighted by Crippen LogP contribution is -2.40. The van der Waals surface area contributed by atoms with Crippen LogP contribution in [0.1, 0.15) is 22.3 Å². The first-order chi connectivity index (χ1) is 13.1. The normalized spacial score (nSPS) is 21.2. The predicted molar refractivity (Wildman–Crippen MR) is 97.8 cm³/mol. The number of methoxy groups -OCH3 is 1. The molecule has 7 nitrogen and oxygen atoms in total. The van der Waals surface area contributed by atoms with Crippen LogP contribution in [-0.2, 0) is 11.4 Å². The Morgan fingerprint density at radius 1 is 1.19 bits per heavy atom. The zero-order valence-corrected chi connectivity index (χ0v) is 14.8. The second-order valence-electron chi connectivity index (χ2n) is 6.68. The number of rotatable bonds is 4. The predicted octanol–water partition coefficient (Wildman–Crippen LogP) is 1.80. The molecule has 2 unspecified atom stereocenters. The SMILES string of the molecule is COc1cc2c(cc1OCc1ccccc1)C(=O)N1CC(O)CC1C(=O)N2. The van der Waals surface area contributed by atoms with Gasteiger partial charge in [0.2, 0.25) is 5.91 Å². The molecule has 2 aromatic rings. The molecule has 2 heterocycles. The van der Waals surface area contributed by atoms with Crippen molar-refractivity contribution in [2.75, 3.05) is 19.0 Å². The van der Waals surface area contributed by atoms with Gasteiger partial charge < -0.3 is 24.8 Å². The summed E-state index contributed by atoms with van der Waals surface area (Å²) >= 11 is 0. The van der Waals surface area contributed by atoms with Crippen LogP contribution in [0.4, 0.5) is 5.69 Å². The number of nitrogens with one attached hydrogen (secondary N) is 1. The Labute approximate surface area is 156 Å². The quantitative estimate of drug-likeness (QED) is 0.859. The van der Waals surface area contributed by atoms with Crippen molar-refractivity contribution in [2.45, 2.75) is 25.2 Å². The van der Waals surface area contributed by atoms with Crippen LogP contribution in [0.25, 0.3) is 0 Å². The molecule has 1 fully saturated rings. The molecule has 140 valence electrons. The van der Waals surface area contributed by atoms with Crippen molar-refractivity contribution in [3.63, 3.8) is 0 Å². The minimum Gasteiger partial charge on any atom is -0.493 e. The first-order valence-corrected chi connectivity index (χ1v) is 8.75. The third-order valence-corrected chi connectivity index (χ3v) is 4.87. The number of amides is 2. The molecule has 2 amide bonds. The van der Waals surface area contributed by atoms with E-state index in [1.54, 1.807) is 12.1 Å². The summed E-state index contributed by atoms with van der Waals surface area (Å²) in [5.74, 6) is 0.233. The highest BCUT2D eigenvalue weighted by Crippen LogP contribution is 2.37. The van der Waals surface area contributed by atoms with E-state index in [0.29, 0.717) is 29.4 Å².